The van der Waals surface area contributed by atoms with Crippen molar-refractivity contribution in [3.8, 4) is 0 Å². The van der Waals surface area contributed by atoms with E-state index in [1.807, 2.05) is 0 Å². The van der Waals surface area contributed by atoms with Gasteiger partial charge in [-0.25, -0.2) is 0 Å². The van der Waals surface area contributed by atoms with E-state index in [0.717, 1.165) is 18.2 Å². The number of rotatable bonds is 6. The summed E-state index contributed by atoms with van der Waals surface area (Å²) in [6, 6.07) is 0. The molecule has 2 aliphatic rings. The number of hydrogen-bond donors (Lipinski definition) is 1. The normalized spacial score (nSPS) is 29.8. The van der Waals surface area contributed by atoms with Crippen LogP contribution in [0.4, 0.5) is 0 Å². The van der Waals surface area contributed by atoms with Crippen molar-refractivity contribution in [3.63, 3.8) is 0 Å². The second-order valence-corrected chi connectivity index (χ2v) is 6.22. The summed E-state index contributed by atoms with van der Waals surface area (Å²) < 4.78 is 0. The van der Waals surface area contributed by atoms with Crippen LogP contribution in [0.15, 0.2) is 11.3 Å². The standard InChI is InChI=1S/C14H20O3S/c1-2-3-4-5-9-6-10(9)7-11(15)13-12(16)8-18-14(13)17/h9-10,15H,2-8H2,1H3. The molecule has 2 rings (SSSR count). The van der Waals surface area contributed by atoms with Gasteiger partial charge in [0.2, 0.25) is 5.12 Å². The molecule has 1 saturated carbocycles. The van der Waals surface area contributed by atoms with Gasteiger partial charge >= 0.3 is 0 Å². The molecule has 1 aliphatic heterocycles. The maximum absolute atomic E-state index is 11.5. The molecule has 0 spiro atoms. The first-order valence-electron chi connectivity index (χ1n) is 6.76. The first kappa shape index (κ1) is 13.7. The molecule has 2 fully saturated rings. The highest BCUT2D eigenvalue weighted by atomic mass is 32.2. The second-order valence-electron chi connectivity index (χ2n) is 5.28. The van der Waals surface area contributed by atoms with Crippen LogP contribution < -0.4 is 0 Å². The Morgan fingerprint density at radius 3 is 2.72 bits per heavy atom. The van der Waals surface area contributed by atoms with Crippen LogP contribution in [-0.4, -0.2) is 21.8 Å². The van der Waals surface area contributed by atoms with E-state index in [4.69, 9.17) is 0 Å². The number of ketones is 1. The molecule has 1 aliphatic carbocycles. The predicted octanol–water partition coefficient (Wildman–Crippen LogP) is 3.25. The predicted molar refractivity (Wildman–Crippen MR) is 72.5 cm³/mol. The Bertz CT molecular complexity index is 369. The summed E-state index contributed by atoms with van der Waals surface area (Å²) in [5.74, 6) is 1.21. The first-order valence-corrected chi connectivity index (χ1v) is 7.74. The Kier molecular flexibility index (Phi) is 4.49. The number of allylic oxidation sites excluding steroid dienone is 1. The van der Waals surface area contributed by atoms with E-state index in [9.17, 15) is 14.7 Å². The van der Waals surface area contributed by atoms with E-state index >= 15 is 0 Å². The van der Waals surface area contributed by atoms with Gasteiger partial charge in [0.15, 0.2) is 5.78 Å². The van der Waals surface area contributed by atoms with Crippen molar-refractivity contribution in [1.82, 2.24) is 0 Å². The van der Waals surface area contributed by atoms with E-state index in [1.165, 1.54) is 25.7 Å². The van der Waals surface area contributed by atoms with Crippen molar-refractivity contribution in [2.24, 2.45) is 11.8 Å². The van der Waals surface area contributed by atoms with E-state index < -0.39 is 0 Å². The molecule has 100 valence electrons. The van der Waals surface area contributed by atoms with Gasteiger partial charge in [-0.05, 0) is 18.3 Å². The van der Waals surface area contributed by atoms with E-state index in [1.54, 1.807) is 0 Å². The minimum atomic E-state index is -0.249. The lowest BCUT2D eigenvalue weighted by Crippen LogP contribution is -2.06. The van der Waals surface area contributed by atoms with Gasteiger partial charge in [-0.1, -0.05) is 44.4 Å². The molecule has 1 saturated heterocycles. The molecule has 0 aromatic rings. The molecule has 3 nitrogen and oxygen atoms in total. The summed E-state index contributed by atoms with van der Waals surface area (Å²) in [7, 11) is 0. The molecular weight excluding hydrogens is 248 g/mol. The summed E-state index contributed by atoms with van der Waals surface area (Å²) in [4.78, 5) is 22.9. The van der Waals surface area contributed by atoms with Crippen LogP contribution in [0, 0.1) is 11.8 Å². The quantitative estimate of drug-likeness (QED) is 0.348. The maximum atomic E-state index is 11.5. The number of thioether (sulfide) groups is 1. The smallest absolute Gasteiger partial charge is 0.226 e. The minimum absolute atomic E-state index is 0.0398. The molecule has 0 radical (unpaired) electrons. The number of unbranched alkanes of at least 4 members (excludes halogenated alkanes) is 2. The average molecular weight is 268 g/mol. The van der Waals surface area contributed by atoms with Gasteiger partial charge in [0, 0.05) is 6.42 Å². The van der Waals surface area contributed by atoms with Crippen LogP contribution in [-0.2, 0) is 9.59 Å². The molecular formula is C14H20O3S. The maximum Gasteiger partial charge on any atom is 0.226 e. The molecule has 2 atom stereocenters. The monoisotopic (exact) mass is 268 g/mol. The lowest BCUT2D eigenvalue weighted by atomic mass is 10.1. The minimum Gasteiger partial charge on any atom is -0.511 e. The van der Waals surface area contributed by atoms with Gasteiger partial charge in [-0.2, -0.15) is 0 Å². The molecule has 1 N–H and O–H groups in total. The number of carbonyl (C=O) groups excluding carboxylic acids is 2. The van der Waals surface area contributed by atoms with Crippen LogP contribution >= 0.6 is 11.8 Å². The van der Waals surface area contributed by atoms with Crippen molar-refractivity contribution in [1.29, 1.82) is 0 Å². The zero-order chi connectivity index (χ0) is 13.1. The van der Waals surface area contributed by atoms with Gasteiger partial charge in [0.1, 0.15) is 11.3 Å². The third-order valence-electron chi connectivity index (χ3n) is 3.81. The highest BCUT2D eigenvalue weighted by Crippen LogP contribution is 2.46. The molecule has 0 bridgehead atoms. The fraction of sp³-hybridized carbons (Fsp3) is 0.714. The lowest BCUT2D eigenvalue weighted by Gasteiger charge is -2.02. The van der Waals surface area contributed by atoms with Gasteiger partial charge in [-0.3, -0.25) is 9.59 Å². The number of carbonyl (C=O) groups is 2. The molecule has 0 aromatic carbocycles. The summed E-state index contributed by atoms with van der Waals surface area (Å²) >= 11 is 1.00. The summed E-state index contributed by atoms with van der Waals surface area (Å²) in [5.41, 5.74) is 0.0687. The fourth-order valence-electron chi connectivity index (χ4n) is 2.59. The Morgan fingerprint density at radius 2 is 2.11 bits per heavy atom. The zero-order valence-electron chi connectivity index (χ0n) is 10.8. The number of hydrogen-bond acceptors (Lipinski definition) is 4. The van der Waals surface area contributed by atoms with Crippen LogP contribution in [0.1, 0.15) is 45.4 Å². The average Bonchev–Trinajstić information content (AvgIpc) is 2.96. The largest absolute Gasteiger partial charge is 0.511 e. The van der Waals surface area contributed by atoms with Gasteiger partial charge in [0.05, 0.1) is 5.75 Å². The first-order chi connectivity index (χ1) is 8.63. The summed E-state index contributed by atoms with van der Waals surface area (Å²) in [6.07, 6.45) is 6.62. The van der Waals surface area contributed by atoms with Crippen molar-refractivity contribution >= 4 is 22.7 Å². The highest BCUT2D eigenvalue weighted by Gasteiger charge is 2.39. The summed E-state index contributed by atoms with van der Waals surface area (Å²) in [5, 5.41) is 9.66. The number of aliphatic hydroxyl groups is 1. The Balaban J connectivity index is 1.82. The van der Waals surface area contributed by atoms with Gasteiger partial charge in [0.25, 0.3) is 0 Å². The second kappa shape index (κ2) is 5.91. The summed E-state index contributed by atoms with van der Waals surface area (Å²) in [6.45, 7) is 2.19. The molecule has 1 heterocycles. The van der Waals surface area contributed by atoms with E-state index in [-0.39, 0.29) is 28.0 Å². The van der Waals surface area contributed by atoms with E-state index in [2.05, 4.69) is 6.92 Å². The molecule has 18 heavy (non-hydrogen) atoms. The SMILES string of the molecule is CCCCCC1CC1CC(O)=C1C(=O)CSC1=O. The third-order valence-corrected chi connectivity index (χ3v) is 4.68. The van der Waals surface area contributed by atoms with Crippen molar-refractivity contribution in [2.45, 2.75) is 45.4 Å². The molecule has 0 aromatic heterocycles. The molecule has 4 heteroatoms. The van der Waals surface area contributed by atoms with Crippen molar-refractivity contribution in [3.05, 3.63) is 11.3 Å². The number of Topliss-reactive ketones (excluding diaryl/α,β-unsaturated/α-hetero) is 1. The number of aliphatic hydroxyl groups excluding tert-OH is 1. The van der Waals surface area contributed by atoms with Gasteiger partial charge in [-0.15, -0.1) is 0 Å². The lowest BCUT2D eigenvalue weighted by molar-refractivity contribution is -0.115. The Labute approximate surface area is 112 Å². The third kappa shape index (κ3) is 3.16. The van der Waals surface area contributed by atoms with Crippen LogP contribution in [0.3, 0.4) is 0 Å². The highest BCUT2D eigenvalue weighted by molar-refractivity contribution is 8.15. The topological polar surface area (TPSA) is 54.4 Å². The zero-order valence-corrected chi connectivity index (χ0v) is 11.6. The fourth-order valence-corrected chi connectivity index (χ4v) is 3.37. The van der Waals surface area contributed by atoms with Crippen molar-refractivity contribution < 1.29 is 14.7 Å². The van der Waals surface area contributed by atoms with Crippen molar-refractivity contribution in [2.75, 3.05) is 5.75 Å². The molecule has 2 unspecified atom stereocenters. The van der Waals surface area contributed by atoms with Crippen LogP contribution in [0.2, 0.25) is 0 Å². The van der Waals surface area contributed by atoms with E-state index in [0.29, 0.717) is 18.3 Å². The Morgan fingerprint density at radius 1 is 1.33 bits per heavy atom. The van der Waals surface area contributed by atoms with Gasteiger partial charge < -0.3 is 5.11 Å². The Hall–Kier alpha value is -0.770. The van der Waals surface area contributed by atoms with Crippen LogP contribution in [0.25, 0.3) is 0 Å². The molecule has 0 amide bonds. The van der Waals surface area contributed by atoms with Crippen LogP contribution in [0.5, 0.6) is 0 Å².